The highest BCUT2D eigenvalue weighted by Gasteiger charge is 2.30. The minimum Gasteiger partial charge on any atom is -0.350 e. The first-order valence-electron chi connectivity index (χ1n) is 9.28. The molecule has 3 rings (SSSR count). The minimum atomic E-state index is -4.45. The molecule has 10 heteroatoms. The second kappa shape index (κ2) is 8.86. The van der Waals surface area contributed by atoms with Crippen LogP contribution >= 0.6 is 11.3 Å². The molecule has 0 aliphatic heterocycles. The molecule has 6 nitrogen and oxygen atoms in total. The molecule has 0 saturated heterocycles. The van der Waals surface area contributed by atoms with Crippen LogP contribution in [0.1, 0.15) is 25.0 Å². The monoisotopic (exact) mass is 438 g/mol. The molecule has 0 atom stereocenters. The Morgan fingerprint density at radius 2 is 2.03 bits per heavy atom. The maximum absolute atomic E-state index is 12.8. The number of carbonyl (C=O) groups excluding carboxylic acids is 1. The van der Waals surface area contributed by atoms with E-state index in [0.29, 0.717) is 17.9 Å². The Morgan fingerprint density at radius 1 is 1.27 bits per heavy atom. The predicted octanol–water partition coefficient (Wildman–Crippen LogP) is 3.76. The molecule has 0 radical (unpaired) electrons. The van der Waals surface area contributed by atoms with Crippen LogP contribution in [0.3, 0.4) is 0 Å². The van der Waals surface area contributed by atoms with E-state index in [4.69, 9.17) is 0 Å². The Balaban J connectivity index is 1.73. The van der Waals surface area contributed by atoms with Crippen LogP contribution < -0.4 is 11.0 Å². The number of hydrogen-bond acceptors (Lipinski definition) is 4. The summed E-state index contributed by atoms with van der Waals surface area (Å²) in [6.07, 6.45) is -4.45. The fourth-order valence-electron chi connectivity index (χ4n) is 2.93. The number of alkyl halides is 3. The molecular weight excluding hydrogens is 417 g/mol. The summed E-state index contributed by atoms with van der Waals surface area (Å²) in [5, 5.41) is 10.6. The molecule has 0 bridgehead atoms. The average molecular weight is 438 g/mol. The molecular formula is C20H21F3N4O2S. The molecule has 2 aromatic heterocycles. The normalized spacial score (nSPS) is 11.8. The van der Waals surface area contributed by atoms with Gasteiger partial charge in [0, 0.05) is 24.0 Å². The van der Waals surface area contributed by atoms with E-state index in [-0.39, 0.29) is 19.0 Å². The molecule has 0 aliphatic rings. The van der Waals surface area contributed by atoms with E-state index in [1.807, 2.05) is 30.7 Å². The van der Waals surface area contributed by atoms with E-state index in [2.05, 4.69) is 10.4 Å². The third-order valence-electron chi connectivity index (χ3n) is 4.29. The number of carbonyl (C=O) groups is 1. The average Bonchev–Trinajstić information content (AvgIpc) is 3.30. The zero-order valence-corrected chi connectivity index (χ0v) is 17.3. The second-order valence-corrected chi connectivity index (χ2v) is 8.04. The minimum absolute atomic E-state index is 0.0818. The predicted molar refractivity (Wildman–Crippen MR) is 108 cm³/mol. The summed E-state index contributed by atoms with van der Waals surface area (Å²) in [6.45, 7) is 4.00. The van der Waals surface area contributed by atoms with Crippen LogP contribution in [0.5, 0.6) is 0 Å². The van der Waals surface area contributed by atoms with Crippen molar-refractivity contribution in [3.05, 3.63) is 62.7 Å². The second-order valence-electron chi connectivity index (χ2n) is 7.26. The molecule has 0 spiro atoms. The lowest BCUT2D eigenvalue weighted by Gasteiger charge is -2.09. The zero-order valence-electron chi connectivity index (χ0n) is 16.4. The van der Waals surface area contributed by atoms with Gasteiger partial charge < -0.3 is 5.32 Å². The van der Waals surface area contributed by atoms with Crippen molar-refractivity contribution < 1.29 is 18.0 Å². The van der Waals surface area contributed by atoms with Crippen molar-refractivity contribution in [2.75, 3.05) is 0 Å². The van der Waals surface area contributed by atoms with Crippen LogP contribution in [0.4, 0.5) is 13.2 Å². The number of amides is 1. The molecule has 1 amide bonds. The molecule has 1 aromatic carbocycles. The van der Waals surface area contributed by atoms with Crippen LogP contribution in [-0.4, -0.2) is 20.3 Å². The maximum atomic E-state index is 12.8. The molecule has 30 heavy (non-hydrogen) atoms. The van der Waals surface area contributed by atoms with Crippen molar-refractivity contribution in [2.24, 2.45) is 5.92 Å². The van der Waals surface area contributed by atoms with Crippen molar-refractivity contribution in [3.63, 3.8) is 0 Å². The number of benzene rings is 1. The summed E-state index contributed by atoms with van der Waals surface area (Å²) in [5.74, 6) is 0.175. The molecule has 3 aromatic rings. The quantitative estimate of drug-likeness (QED) is 0.611. The number of thiophene rings is 1. The standard InChI is InChI=1S/C20H21F3N4O2S/c1-13(2)10-26-18(15-6-7-30-12-15)25-27(19(26)29)11-17(28)24-9-14-4-3-5-16(8-14)20(21,22)23/h3-8,12-13H,9-11H2,1-2H3,(H,24,28). The molecule has 0 aliphatic carbocycles. The Labute approximate surface area is 175 Å². The van der Waals surface area contributed by atoms with Gasteiger partial charge in [-0.15, -0.1) is 5.10 Å². The highest BCUT2D eigenvalue weighted by atomic mass is 32.1. The van der Waals surface area contributed by atoms with E-state index < -0.39 is 23.3 Å². The van der Waals surface area contributed by atoms with Gasteiger partial charge in [-0.05, 0) is 35.1 Å². The van der Waals surface area contributed by atoms with Gasteiger partial charge in [0.2, 0.25) is 5.91 Å². The summed E-state index contributed by atoms with van der Waals surface area (Å²) in [6, 6.07) is 6.58. The van der Waals surface area contributed by atoms with Gasteiger partial charge in [0.25, 0.3) is 0 Å². The Hall–Kier alpha value is -2.88. The van der Waals surface area contributed by atoms with Crippen molar-refractivity contribution in [2.45, 2.75) is 39.7 Å². The SMILES string of the molecule is CC(C)Cn1c(-c2ccsc2)nn(CC(=O)NCc2cccc(C(F)(F)F)c2)c1=O. The Bertz CT molecular complexity index is 1070. The van der Waals surface area contributed by atoms with Crippen molar-refractivity contribution in [1.82, 2.24) is 19.7 Å². The van der Waals surface area contributed by atoms with Crippen molar-refractivity contribution >= 4 is 17.2 Å². The highest BCUT2D eigenvalue weighted by Crippen LogP contribution is 2.29. The molecule has 2 heterocycles. The fourth-order valence-corrected chi connectivity index (χ4v) is 3.56. The molecule has 1 N–H and O–H groups in total. The highest BCUT2D eigenvalue weighted by molar-refractivity contribution is 7.08. The van der Waals surface area contributed by atoms with Gasteiger partial charge in [0.05, 0.1) is 5.56 Å². The third-order valence-corrected chi connectivity index (χ3v) is 4.97. The largest absolute Gasteiger partial charge is 0.416 e. The van der Waals surface area contributed by atoms with Crippen molar-refractivity contribution in [3.8, 4) is 11.4 Å². The van der Waals surface area contributed by atoms with E-state index in [1.54, 1.807) is 0 Å². The number of nitrogens with one attached hydrogen (secondary N) is 1. The van der Waals surface area contributed by atoms with E-state index in [1.165, 1.54) is 28.0 Å². The Morgan fingerprint density at radius 3 is 2.67 bits per heavy atom. The molecule has 160 valence electrons. The Kier molecular flexibility index (Phi) is 6.45. The van der Waals surface area contributed by atoms with Crippen LogP contribution in [0.2, 0.25) is 0 Å². The first kappa shape index (κ1) is 21.8. The van der Waals surface area contributed by atoms with Crippen LogP contribution in [0.25, 0.3) is 11.4 Å². The van der Waals surface area contributed by atoms with E-state index >= 15 is 0 Å². The van der Waals surface area contributed by atoms with E-state index in [9.17, 15) is 22.8 Å². The first-order chi connectivity index (χ1) is 14.1. The number of hydrogen-bond donors (Lipinski definition) is 1. The number of aromatic nitrogens is 3. The summed E-state index contributed by atoms with van der Waals surface area (Å²) in [5.41, 5.74) is -0.0758. The van der Waals surface area contributed by atoms with Crippen LogP contribution in [0.15, 0.2) is 45.9 Å². The smallest absolute Gasteiger partial charge is 0.350 e. The van der Waals surface area contributed by atoms with E-state index in [0.717, 1.165) is 22.4 Å². The lowest BCUT2D eigenvalue weighted by Crippen LogP contribution is -2.34. The fraction of sp³-hybridized carbons (Fsp3) is 0.350. The van der Waals surface area contributed by atoms with Gasteiger partial charge in [-0.2, -0.15) is 24.5 Å². The summed E-state index contributed by atoms with van der Waals surface area (Å²) in [7, 11) is 0. The van der Waals surface area contributed by atoms with Gasteiger partial charge in [-0.3, -0.25) is 9.36 Å². The number of rotatable bonds is 7. The number of nitrogens with zero attached hydrogens (tertiary/aromatic N) is 3. The molecule has 0 saturated carbocycles. The number of halogens is 3. The van der Waals surface area contributed by atoms with Gasteiger partial charge in [0.1, 0.15) is 6.54 Å². The lowest BCUT2D eigenvalue weighted by atomic mass is 10.1. The topological polar surface area (TPSA) is 68.9 Å². The zero-order chi connectivity index (χ0) is 21.9. The summed E-state index contributed by atoms with van der Waals surface area (Å²) >= 11 is 1.48. The van der Waals surface area contributed by atoms with Crippen LogP contribution in [0, 0.1) is 5.92 Å². The lowest BCUT2D eigenvalue weighted by molar-refractivity contribution is -0.137. The summed E-state index contributed by atoms with van der Waals surface area (Å²) in [4.78, 5) is 25.1. The van der Waals surface area contributed by atoms with Gasteiger partial charge in [-0.1, -0.05) is 26.0 Å². The maximum Gasteiger partial charge on any atom is 0.416 e. The van der Waals surface area contributed by atoms with Gasteiger partial charge >= 0.3 is 11.9 Å². The van der Waals surface area contributed by atoms with Crippen molar-refractivity contribution in [1.29, 1.82) is 0 Å². The van der Waals surface area contributed by atoms with Gasteiger partial charge in [0.15, 0.2) is 5.82 Å². The first-order valence-corrected chi connectivity index (χ1v) is 10.2. The third kappa shape index (κ3) is 5.18. The van der Waals surface area contributed by atoms with Crippen LogP contribution in [-0.2, 0) is 30.6 Å². The van der Waals surface area contributed by atoms with Gasteiger partial charge in [-0.25, -0.2) is 9.48 Å². The summed E-state index contributed by atoms with van der Waals surface area (Å²) < 4.78 is 41.0. The molecule has 0 unspecified atom stereocenters. The molecule has 0 fully saturated rings.